The van der Waals surface area contributed by atoms with Crippen molar-refractivity contribution in [3.63, 3.8) is 0 Å². The van der Waals surface area contributed by atoms with E-state index >= 15 is 0 Å². The second kappa shape index (κ2) is 15.0. The van der Waals surface area contributed by atoms with Gasteiger partial charge in [-0.2, -0.15) is 0 Å². The van der Waals surface area contributed by atoms with Crippen LogP contribution in [-0.4, -0.2) is 44.3 Å². The highest BCUT2D eigenvalue weighted by atomic mass is 32.2. The first-order chi connectivity index (χ1) is 20.0. The van der Waals surface area contributed by atoms with Crippen LogP contribution < -0.4 is 9.62 Å². The molecular formula is C33H42FN3O4S. The van der Waals surface area contributed by atoms with E-state index in [1.54, 1.807) is 43.3 Å². The number of aryl methyl sites for hydroxylation is 1. The minimum absolute atomic E-state index is 0.0174. The monoisotopic (exact) mass is 595 g/mol. The molecule has 3 aromatic rings. The second-order valence-electron chi connectivity index (χ2n) is 10.8. The number of halogens is 1. The number of unbranched alkanes of at least 4 members (excludes halogenated alkanes) is 1. The molecule has 0 aliphatic carbocycles. The maximum absolute atomic E-state index is 14.1. The molecule has 1 N–H and O–H groups in total. The van der Waals surface area contributed by atoms with Gasteiger partial charge in [0, 0.05) is 13.1 Å². The number of anilines is 1. The Morgan fingerprint density at radius 2 is 1.52 bits per heavy atom. The lowest BCUT2D eigenvalue weighted by molar-refractivity contribution is -0.140. The fourth-order valence-electron chi connectivity index (χ4n) is 4.60. The van der Waals surface area contributed by atoms with Crippen LogP contribution in [0.2, 0.25) is 0 Å². The Hall–Kier alpha value is -3.72. The maximum Gasteiger partial charge on any atom is 0.264 e. The fourth-order valence-corrected chi connectivity index (χ4v) is 6.02. The Balaban J connectivity index is 2.04. The molecule has 42 heavy (non-hydrogen) atoms. The van der Waals surface area contributed by atoms with Crippen molar-refractivity contribution in [3.05, 3.63) is 95.3 Å². The molecule has 7 nitrogen and oxygen atoms in total. The standard InChI is InChI=1S/C33H42FN3O4S/c1-6-8-21-35-33(39)31(7-2)36(22-26-11-15-28(34)16-12-26)32(38)23-37(29-17-13-27(14-18-29)24(3)4)42(40,41)30-19-9-25(5)10-20-30/h9-20,24,31H,6-8,21-23H2,1-5H3,(H,35,39)/t31-/m0/s1. The predicted molar refractivity (Wildman–Crippen MR) is 165 cm³/mol. The molecule has 0 heterocycles. The fraction of sp³-hybridized carbons (Fsp3) is 0.394. The molecule has 0 fully saturated rings. The van der Waals surface area contributed by atoms with Crippen molar-refractivity contribution in [1.29, 1.82) is 0 Å². The normalized spacial score (nSPS) is 12.2. The van der Waals surface area contributed by atoms with Gasteiger partial charge in [-0.3, -0.25) is 13.9 Å². The number of nitrogens with zero attached hydrogens (tertiary/aromatic N) is 2. The van der Waals surface area contributed by atoms with Gasteiger partial charge in [0.05, 0.1) is 10.6 Å². The van der Waals surface area contributed by atoms with E-state index in [2.05, 4.69) is 5.32 Å². The number of carbonyl (C=O) groups is 2. The smallest absolute Gasteiger partial charge is 0.264 e. The van der Waals surface area contributed by atoms with Gasteiger partial charge >= 0.3 is 0 Å². The lowest BCUT2D eigenvalue weighted by Crippen LogP contribution is -2.52. The van der Waals surface area contributed by atoms with Gasteiger partial charge in [-0.15, -0.1) is 0 Å². The van der Waals surface area contributed by atoms with Crippen molar-refractivity contribution in [1.82, 2.24) is 10.2 Å². The van der Waals surface area contributed by atoms with Gasteiger partial charge in [-0.05, 0) is 73.2 Å². The average molecular weight is 596 g/mol. The van der Waals surface area contributed by atoms with Gasteiger partial charge < -0.3 is 10.2 Å². The molecule has 226 valence electrons. The predicted octanol–water partition coefficient (Wildman–Crippen LogP) is 6.18. The zero-order valence-corrected chi connectivity index (χ0v) is 26.0. The summed E-state index contributed by atoms with van der Waals surface area (Å²) in [4.78, 5) is 28.8. The van der Waals surface area contributed by atoms with E-state index < -0.39 is 34.3 Å². The highest BCUT2D eigenvalue weighted by molar-refractivity contribution is 7.92. The number of hydrogen-bond donors (Lipinski definition) is 1. The van der Waals surface area contributed by atoms with E-state index in [0.29, 0.717) is 24.2 Å². The average Bonchev–Trinajstić information content (AvgIpc) is 2.97. The van der Waals surface area contributed by atoms with E-state index in [-0.39, 0.29) is 23.3 Å². The van der Waals surface area contributed by atoms with Crippen molar-refractivity contribution in [2.24, 2.45) is 0 Å². The van der Waals surface area contributed by atoms with Gasteiger partial charge in [0.25, 0.3) is 10.0 Å². The molecule has 1 atom stereocenters. The molecule has 0 spiro atoms. The first-order valence-corrected chi connectivity index (χ1v) is 15.9. The highest BCUT2D eigenvalue weighted by Gasteiger charge is 2.33. The largest absolute Gasteiger partial charge is 0.354 e. The van der Waals surface area contributed by atoms with Crippen LogP contribution in [0.1, 0.15) is 69.6 Å². The molecule has 0 saturated carbocycles. The quantitative estimate of drug-likeness (QED) is 0.226. The second-order valence-corrected chi connectivity index (χ2v) is 12.7. The molecule has 3 rings (SSSR count). The Labute approximate surface area is 249 Å². The number of nitrogens with one attached hydrogen (secondary N) is 1. The highest BCUT2D eigenvalue weighted by Crippen LogP contribution is 2.27. The van der Waals surface area contributed by atoms with Crippen molar-refractivity contribution in [3.8, 4) is 0 Å². The van der Waals surface area contributed by atoms with Gasteiger partial charge in [0.2, 0.25) is 11.8 Å². The topological polar surface area (TPSA) is 86.8 Å². The third-order valence-corrected chi connectivity index (χ3v) is 9.01. The van der Waals surface area contributed by atoms with E-state index in [9.17, 15) is 22.4 Å². The number of rotatable bonds is 14. The van der Waals surface area contributed by atoms with Crippen LogP contribution in [0.3, 0.4) is 0 Å². The number of sulfonamides is 1. The Kier molecular flexibility index (Phi) is 11.7. The van der Waals surface area contributed by atoms with Gasteiger partial charge in [0.15, 0.2) is 0 Å². The van der Waals surface area contributed by atoms with Gasteiger partial charge in [-0.1, -0.05) is 76.1 Å². The first-order valence-electron chi connectivity index (χ1n) is 14.5. The maximum atomic E-state index is 14.1. The molecule has 0 unspecified atom stereocenters. The lowest BCUT2D eigenvalue weighted by Gasteiger charge is -2.33. The molecule has 0 aliphatic rings. The number of carbonyl (C=O) groups excluding carboxylic acids is 2. The molecule has 0 saturated heterocycles. The molecule has 9 heteroatoms. The summed E-state index contributed by atoms with van der Waals surface area (Å²) in [5, 5.41) is 2.90. The lowest BCUT2D eigenvalue weighted by atomic mass is 10.0. The van der Waals surface area contributed by atoms with E-state index in [0.717, 1.165) is 28.3 Å². The molecule has 2 amide bonds. The first kappa shape index (κ1) is 32.8. The Morgan fingerprint density at radius 3 is 2.07 bits per heavy atom. The van der Waals surface area contributed by atoms with Crippen LogP contribution in [-0.2, 0) is 26.2 Å². The molecule has 3 aromatic carbocycles. The van der Waals surface area contributed by atoms with Crippen LogP contribution in [0.15, 0.2) is 77.7 Å². The van der Waals surface area contributed by atoms with Crippen LogP contribution in [0.5, 0.6) is 0 Å². The summed E-state index contributed by atoms with van der Waals surface area (Å²) >= 11 is 0. The third-order valence-electron chi connectivity index (χ3n) is 7.22. The Morgan fingerprint density at radius 1 is 0.905 bits per heavy atom. The van der Waals surface area contributed by atoms with Crippen molar-refractivity contribution in [2.45, 2.75) is 77.3 Å². The number of benzene rings is 3. The minimum atomic E-state index is -4.15. The van der Waals surface area contributed by atoms with Crippen molar-refractivity contribution >= 4 is 27.5 Å². The summed E-state index contributed by atoms with van der Waals surface area (Å²) in [6.45, 7) is 9.75. The molecule has 0 aliphatic heterocycles. The SMILES string of the molecule is CCCCNC(=O)[C@H](CC)N(Cc1ccc(F)cc1)C(=O)CN(c1ccc(C(C)C)cc1)S(=O)(=O)c1ccc(C)cc1. The van der Waals surface area contributed by atoms with Crippen LogP contribution in [0.25, 0.3) is 0 Å². The number of amides is 2. The minimum Gasteiger partial charge on any atom is -0.354 e. The van der Waals surface area contributed by atoms with Gasteiger partial charge in [-0.25, -0.2) is 12.8 Å². The molecular weight excluding hydrogens is 553 g/mol. The van der Waals surface area contributed by atoms with E-state index in [1.165, 1.54) is 29.2 Å². The van der Waals surface area contributed by atoms with Crippen LogP contribution in [0, 0.1) is 12.7 Å². The third kappa shape index (κ3) is 8.41. The zero-order chi connectivity index (χ0) is 30.9. The zero-order valence-electron chi connectivity index (χ0n) is 25.1. The van der Waals surface area contributed by atoms with Gasteiger partial charge in [0.1, 0.15) is 18.4 Å². The van der Waals surface area contributed by atoms with E-state index in [1.807, 2.05) is 39.8 Å². The van der Waals surface area contributed by atoms with Crippen molar-refractivity contribution < 1.29 is 22.4 Å². The summed E-state index contributed by atoms with van der Waals surface area (Å²) in [7, 11) is -4.15. The van der Waals surface area contributed by atoms with E-state index in [4.69, 9.17) is 0 Å². The molecule has 0 aromatic heterocycles. The number of hydrogen-bond acceptors (Lipinski definition) is 4. The molecule has 0 bridgehead atoms. The van der Waals surface area contributed by atoms with Crippen LogP contribution in [0.4, 0.5) is 10.1 Å². The summed E-state index contributed by atoms with van der Waals surface area (Å²) in [6, 6.07) is 18.5. The van der Waals surface area contributed by atoms with Crippen LogP contribution >= 0.6 is 0 Å². The van der Waals surface area contributed by atoms with Crippen molar-refractivity contribution in [2.75, 3.05) is 17.4 Å². The molecule has 0 radical (unpaired) electrons. The summed E-state index contributed by atoms with van der Waals surface area (Å²) in [6.07, 6.45) is 2.01. The Bertz CT molecular complexity index is 1420. The summed E-state index contributed by atoms with van der Waals surface area (Å²) in [5.74, 6) is -1.03. The summed E-state index contributed by atoms with van der Waals surface area (Å²) < 4.78 is 42.7. The summed E-state index contributed by atoms with van der Waals surface area (Å²) in [5.41, 5.74) is 2.91.